The number of carbonyl (C=O) groups is 1. The van der Waals surface area contributed by atoms with Gasteiger partial charge in [-0.05, 0) is 12.1 Å². The topological polar surface area (TPSA) is 141 Å². The van der Waals surface area contributed by atoms with Crippen LogP contribution in [0.2, 0.25) is 0 Å². The summed E-state index contributed by atoms with van der Waals surface area (Å²) >= 11 is 6.00. The van der Waals surface area contributed by atoms with Crippen molar-refractivity contribution < 1.29 is 19.0 Å². The Labute approximate surface area is 137 Å². The summed E-state index contributed by atoms with van der Waals surface area (Å²) in [4.78, 5) is 25.0. The predicted molar refractivity (Wildman–Crippen MR) is 80.6 cm³/mol. The second-order valence-electron chi connectivity index (χ2n) is 4.48. The molecule has 1 aromatic carbocycles. The van der Waals surface area contributed by atoms with Crippen molar-refractivity contribution in [1.29, 1.82) is 0 Å². The van der Waals surface area contributed by atoms with Gasteiger partial charge in [-0.3, -0.25) is 14.9 Å². The van der Waals surface area contributed by atoms with Crippen molar-refractivity contribution >= 4 is 34.2 Å². The van der Waals surface area contributed by atoms with Crippen molar-refractivity contribution in [3.8, 4) is 0 Å². The molecule has 2 atom stereocenters. The quantitative estimate of drug-likeness (QED) is 0.577. The van der Waals surface area contributed by atoms with Gasteiger partial charge in [-0.1, -0.05) is 0 Å². The number of non-ortho nitro benzene ring substituents is 1. The maximum Gasteiger partial charge on any atom is 0.320 e. The van der Waals surface area contributed by atoms with Crippen LogP contribution in [0, 0.1) is 10.1 Å². The van der Waals surface area contributed by atoms with E-state index in [-0.39, 0.29) is 22.2 Å². The number of carboxylic acids is 1. The summed E-state index contributed by atoms with van der Waals surface area (Å²) in [5.41, 5.74) is 5.59. The molecule has 3 N–H and O–H groups in total. The first kappa shape index (κ1) is 17.1. The van der Waals surface area contributed by atoms with Gasteiger partial charge in [0.15, 0.2) is 0 Å². The number of hydrogen-bond acceptors (Lipinski definition) is 6. The van der Waals surface area contributed by atoms with Crippen molar-refractivity contribution in [3.05, 3.63) is 46.3 Å². The average molecular weight is 359 g/mol. The summed E-state index contributed by atoms with van der Waals surface area (Å²) in [6.45, 7) is 0. The average Bonchev–Trinajstić information content (AvgIpc) is 2.87. The molecule has 1 heterocycles. The highest BCUT2D eigenvalue weighted by Crippen LogP contribution is 2.21. The zero-order chi connectivity index (χ0) is 17.1. The molecule has 0 radical (unpaired) electrons. The number of rotatable bonds is 6. The number of benzene rings is 1. The second kappa shape index (κ2) is 6.86. The Kier molecular flexibility index (Phi) is 5.08. The van der Waals surface area contributed by atoms with Gasteiger partial charge in [-0.25, -0.2) is 13.3 Å². The lowest BCUT2D eigenvalue weighted by Crippen LogP contribution is -2.32. The molecular formula is C12H11ClN4O5S. The number of halogens is 1. The van der Waals surface area contributed by atoms with E-state index < -0.39 is 27.7 Å². The molecule has 0 amide bonds. The number of aliphatic carboxylic acids is 1. The first-order chi connectivity index (χ1) is 10.8. The Bertz CT molecular complexity index is 776. The van der Waals surface area contributed by atoms with Crippen LogP contribution in [-0.4, -0.2) is 35.3 Å². The Morgan fingerprint density at radius 3 is 2.61 bits per heavy atom. The van der Waals surface area contributed by atoms with E-state index in [4.69, 9.17) is 22.6 Å². The van der Waals surface area contributed by atoms with Gasteiger partial charge in [0, 0.05) is 35.2 Å². The minimum absolute atomic E-state index is 0.0203. The van der Waals surface area contributed by atoms with Crippen LogP contribution in [0.15, 0.2) is 40.5 Å². The number of carboxylic acid groups (broad SMARTS) is 1. The second-order valence-corrected chi connectivity index (χ2v) is 6.19. The molecule has 23 heavy (non-hydrogen) atoms. The van der Waals surface area contributed by atoms with Crippen LogP contribution >= 0.6 is 11.8 Å². The molecule has 11 heteroatoms. The molecule has 0 aliphatic heterocycles. The molecule has 1 aromatic heterocycles. The Hall–Kier alpha value is -2.30. The summed E-state index contributed by atoms with van der Waals surface area (Å²) in [7, 11) is -1.78. The lowest BCUT2D eigenvalue weighted by Gasteiger charge is -2.06. The molecule has 0 spiro atoms. The summed E-state index contributed by atoms with van der Waals surface area (Å²) in [6, 6.07) is 3.95. The smallest absolute Gasteiger partial charge is 0.320 e. The fourth-order valence-electron chi connectivity index (χ4n) is 1.72. The number of nitro benzene ring substituents is 1. The van der Waals surface area contributed by atoms with Gasteiger partial charge in [-0.2, -0.15) is 0 Å². The predicted octanol–water partition coefficient (Wildman–Crippen LogP) is 0.914. The third-order valence-electron chi connectivity index (χ3n) is 2.92. The van der Waals surface area contributed by atoms with E-state index in [1.54, 1.807) is 0 Å². The molecular weight excluding hydrogens is 348 g/mol. The van der Waals surface area contributed by atoms with Crippen LogP contribution in [0.4, 0.5) is 5.69 Å². The number of nitrogens with zero attached hydrogens (tertiary/aromatic N) is 3. The van der Waals surface area contributed by atoms with E-state index in [0.717, 1.165) is 4.09 Å². The molecule has 2 rings (SSSR count). The summed E-state index contributed by atoms with van der Waals surface area (Å²) < 4.78 is 13.4. The molecule has 122 valence electrons. The minimum atomic E-state index is -1.78. The fourth-order valence-corrected chi connectivity index (χ4v) is 3.07. The molecule has 0 aliphatic carbocycles. The standard InChI is InChI=1S/C12H11ClN4O5S/c13-16-8(5-10(14)11(18)19)6-15-12(16)23(22)9-3-1-7(2-4-9)17(20)21/h1-4,6,10H,5,14H2,(H,18,19). The van der Waals surface area contributed by atoms with Crippen LogP contribution in [-0.2, 0) is 22.0 Å². The molecule has 0 saturated carbocycles. The highest BCUT2D eigenvalue weighted by Gasteiger charge is 2.21. The summed E-state index contributed by atoms with van der Waals surface area (Å²) in [6.07, 6.45) is 1.21. The van der Waals surface area contributed by atoms with Crippen LogP contribution in [0.3, 0.4) is 0 Å². The molecule has 0 bridgehead atoms. The van der Waals surface area contributed by atoms with Crippen LogP contribution < -0.4 is 5.73 Å². The molecule has 0 fully saturated rings. The molecule has 0 saturated heterocycles. The minimum Gasteiger partial charge on any atom is -0.480 e. The van der Waals surface area contributed by atoms with Gasteiger partial charge in [0.1, 0.15) is 16.8 Å². The van der Waals surface area contributed by atoms with E-state index in [9.17, 15) is 19.1 Å². The molecule has 2 unspecified atom stereocenters. The summed E-state index contributed by atoms with van der Waals surface area (Å²) in [5, 5.41) is 19.4. The van der Waals surface area contributed by atoms with Crippen molar-refractivity contribution in [3.63, 3.8) is 0 Å². The van der Waals surface area contributed by atoms with Crippen molar-refractivity contribution in [2.45, 2.75) is 22.5 Å². The van der Waals surface area contributed by atoms with Crippen molar-refractivity contribution in [1.82, 2.24) is 9.07 Å². The van der Waals surface area contributed by atoms with Crippen LogP contribution in [0.5, 0.6) is 0 Å². The van der Waals surface area contributed by atoms with Crippen LogP contribution in [0.1, 0.15) is 5.69 Å². The number of imidazole rings is 1. The van der Waals surface area contributed by atoms with E-state index in [2.05, 4.69) is 4.98 Å². The zero-order valence-electron chi connectivity index (χ0n) is 11.5. The lowest BCUT2D eigenvalue weighted by molar-refractivity contribution is -0.384. The monoisotopic (exact) mass is 358 g/mol. The van der Waals surface area contributed by atoms with Crippen LogP contribution in [0.25, 0.3) is 0 Å². The number of hydrogen-bond donors (Lipinski definition) is 2. The van der Waals surface area contributed by atoms with Gasteiger partial charge in [0.25, 0.3) is 5.69 Å². The fraction of sp³-hybridized carbons (Fsp3) is 0.167. The van der Waals surface area contributed by atoms with E-state index in [0.29, 0.717) is 5.69 Å². The van der Waals surface area contributed by atoms with Gasteiger partial charge < -0.3 is 10.8 Å². The van der Waals surface area contributed by atoms with E-state index in [1.165, 1.54) is 30.5 Å². The van der Waals surface area contributed by atoms with Crippen molar-refractivity contribution in [2.75, 3.05) is 0 Å². The number of nitrogens with two attached hydrogens (primary N) is 1. The van der Waals surface area contributed by atoms with Gasteiger partial charge in [-0.15, -0.1) is 0 Å². The largest absolute Gasteiger partial charge is 0.480 e. The third-order valence-corrected chi connectivity index (χ3v) is 4.72. The van der Waals surface area contributed by atoms with Crippen molar-refractivity contribution in [2.24, 2.45) is 5.73 Å². The highest BCUT2D eigenvalue weighted by atomic mass is 35.5. The maximum atomic E-state index is 12.4. The third kappa shape index (κ3) is 3.73. The lowest BCUT2D eigenvalue weighted by atomic mass is 10.2. The first-order valence-electron chi connectivity index (χ1n) is 6.18. The number of nitro groups is 1. The number of aromatic nitrogens is 2. The highest BCUT2D eigenvalue weighted by molar-refractivity contribution is 7.85. The molecule has 9 nitrogen and oxygen atoms in total. The first-order valence-corrected chi connectivity index (χ1v) is 7.67. The van der Waals surface area contributed by atoms with Gasteiger partial charge in [0.2, 0.25) is 5.16 Å². The Morgan fingerprint density at radius 2 is 2.09 bits per heavy atom. The maximum absolute atomic E-state index is 12.4. The summed E-state index contributed by atoms with van der Waals surface area (Å²) in [5.74, 6) is -1.19. The molecule has 2 aromatic rings. The van der Waals surface area contributed by atoms with E-state index in [1.807, 2.05) is 0 Å². The Morgan fingerprint density at radius 1 is 1.48 bits per heavy atom. The van der Waals surface area contributed by atoms with Gasteiger partial charge in [0.05, 0.1) is 16.8 Å². The SMILES string of the molecule is NC(Cc1cnc(S(=O)c2ccc([N+](=O)[O-])cc2)n1Cl)C(=O)O. The van der Waals surface area contributed by atoms with E-state index >= 15 is 0 Å². The molecule has 0 aliphatic rings. The zero-order valence-corrected chi connectivity index (χ0v) is 13.0. The normalized spacial score (nSPS) is 13.5. The Balaban J connectivity index is 2.25. The van der Waals surface area contributed by atoms with Gasteiger partial charge >= 0.3 is 5.97 Å².